The summed E-state index contributed by atoms with van der Waals surface area (Å²) in [7, 11) is 3.83. The smallest absolute Gasteiger partial charge is 0.296 e. The number of aliphatic hydroxyl groups is 1. The van der Waals surface area contributed by atoms with E-state index in [9.17, 15) is 19.5 Å². The third-order valence-electron chi connectivity index (χ3n) is 6.91. The summed E-state index contributed by atoms with van der Waals surface area (Å²) in [6, 6.07) is 12.1. The van der Waals surface area contributed by atoms with Gasteiger partial charge in [-0.05, 0) is 63.8 Å². The quantitative estimate of drug-likeness (QED) is 0.225. The molecule has 1 fully saturated rings. The highest BCUT2D eigenvalue weighted by Gasteiger charge is 2.66. The molecule has 1 saturated heterocycles. The first kappa shape index (κ1) is 26.9. The molecule has 1 atom stereocenters. The maximum atomic E-state index is 14.3. The molecule has 4 rings (SSSR count). The second-order valence-electron chi connectivity index (χ2n) is 9.68. The Morgan fingerprint density at radius 3 is 2.50 bits per heavy atom. The lowest BCUT2D eigenvalue weighted by Crippen LogP contribution is -2.52. The minimum absolute atomic E-state index is 0.162. The Morgan fingerprint density at radius 2 is 1.84 bits per heavy atom. The Morgan fingerprint density at radius 1 is 1.11 bits per heavy atom. The number of Topliss-reactive ketones (excluding diaryl/α,β-unsaturated/α-hetero) is 1. The SMILES string of the molecule is C=CCOc1ccc(C(O)=C2C(=O)C(=O)N(CCCN(C)C)[C@]23C(=O)N(CC=C)c2ccccc23)cc1C. The van der Waals surface area contributed by atoms with Crippen molar-refractivity contribution < 1.29 is 24.2 Å². The van der Waals surface area contributed by atoms with E-state index in [4.69, 9.17) is 4.74 Å². The van der Waals surface area contributed by atoms with Crippen LogP contribution in [-0.2, 0) is 19.9 Å². The zero-order valence-corrected chi connectivity index (χ0v) is 22.1. The number of fused-ring (bicyclic) bond motifs is 2. The van der Waals surface area contributed by atoms with Crippen LogP contribution in [0.3, 0.4) is 0 Å². The van der Waals surface area contributed by atoms with Crippen LogP contribution in [0.15, 0.2) is 73.3 Å². The fraction of sp³-hybridized carbons (Fsp3) is 0.300. The number of anilines is 1. The van der Waals surface area contributed by atoms with Gasteiger partial charge in [0, 0.05) is 24.2 Å². The number of benzene rings is 2. The fourth-order valence-electron chi connectivity index (χ4n) is 5.27. The average Bonchev–Trinajstić information content (AvgIpc) is 3.26. The normalized spacial score (nSPS) is 19.9. The lowest BCUT2D eigenvalue weighted by Gasteiger charge is -2.34. The van der Waals surface area contributed by atoms with Crippen LogP contribution in [0.2, 0.25) is 0 Å². The number of rotatable bonds is 10. The van der Waals surface area contributed by atoms with E-state index in [0.717, 1.165) is 5.56 Å². The Hall–Kier alpha value is -4.17. The number of ketones is 1. The van der Waals surface area contributed by atoms with Gasteiger partial charge in [-0.1, -0.05) is 36.9 Å². The number of para-hydroxylation sites is 1. The maximum Gasteiger partial charge on any atom is 0.296 e. The van der Waals surface area contributed by atoms with Crippen molar-refractivity contribution >= 4 is 29.0 Å². The second kappa shape index (κ2) is 10.7. The van der Waals surface area contributed by atoms with Crippen LogP contribution < -0.4 is 9.64 Å². The van der Waals surface area contributed by atoms with Crippen LogP contribution in [0, 0.1) is 6.92 Å². The monoisotopic (exact) mass is 515 g/mol. The van der Waals surface area contributed by atoms with Crippen LogP contribution in [0.4, 0.5) is 5.69 Å². The number of hydrogen-bond acceptors (Lipinski definition) is 6. The molecule has 0 unspecified atom stereocenters. The molecular weight excluding hydrogens is 482 g/mol. The van der Waals surface area contributed by atoms with Crippen molar-refractivity contribution in [2.75, 3.05) is 45.2 Å². The standard InChI is InChI=1S/C30H33N3O5/c1-6-15-32-23-12-9-8-11-22(23)30(29(32)37)25(27(35)28(36)33(30)17-10-16-31(4)5)26(34)21-13-14-24(20(3)19-21)38-18-7-2/h6-9,11-14,19,34H,1-2,10,15-18H2,3-5H3/t30-/m0/s1. The molecule has 198 valence electrons. The molecule has 2 amide bonds. The van der Waals surface area contributed by atoms with Crippen molar-refractivity contribution in [1.29, 1.82) is 0 Å². The zero-order chi connectivity index (χ0) is 27.6. The summed E-state index contributed by atoms with van der Waals surface area (Å²) >= 11 is 0. The summed E-state index contributed by atoms with van der Waals surface area (Å²) < 4.78 is 5.64. The van der Waals surface area contributed by atoms with E-state index < -0.39 is 28.9 Å². The summed E-state index contributed by atoms with van der Waals surface area (Å²) in [4.78, 5) is 46.3. The molecule has 1 spiro atoms. The Balaban J connectivity index is 1.96. The summed E-state index contributed by atoms with van der Waals surface area (Å²) in [5.41, 5.74) is 0.0850. The molecule has 38 heavy (non-hydrogen) atoms. The van der Waals surface area contributed by atoms with E-state index in [1.807, 2.05) is 25.9 Å². The summed E-state index contributed by atoms with van der Waals surface area (Å²) in [5.74, 6) is -1.97. The molecular formula is C30H33N3O5. The molecule has 2 aliphatic rings. The van der Waals surface area contributed by atoms with Crippen LogP contribution in [0.5, 0.6) is 5.75 Å². The first-order valence-corrected chi connectivity index (χ1v) is 12.5. The fourth-order valence-corrected chi connectivity index (χ4v) is 5.27. The molecule has 0 bridgehead atoms. The maximum absolute atomic E-state index is 14.3. The molecule has 2 aromatic carbocycles. The van der Waals surface area contributed by atoms with Crippen molar-refractivity contribution in [2.45, 2.75) is 18.9 Å². The summed E-state index contributed by atoms with van der Waals surface area (Å²) in [5, 5.41) is 11.6. The number of ether oxygens (including phenoxy) is 1. The molecule has 8 nitrogen and oxygen atoms in total. The molecule has 0 aliphatic carbocycles. The van der Waals surface area contributed by atoms with E-state index in [0.29, 0.717) is 42.1 Å². The van der Waals surface area contributed by atoms with E-state index in [2.05, 4.69) is 13.2 Å². The lowest BCUT2D eigenvalue weighted by molar-refractivity contribution is -0.143. The van der Waals surface area contributed by atoms with Crippen LogP contribution in [-0.4, -0.2) is 72.8 Å². The van der Waals surface area contributed by atoms with Crippen molar-refractivity contribution in [1.82, 2.24) is 9.80 Å². The van der Waals surface area contributed by atoms with Crippen molar-refractivity contribution in [2.24, 2.45) is 0 Å². The molecule has 2 heterocycles. The van der Waals surface area contributed by atoms with Gasteiger partial charge in [0.15, 0.2) is 5.54 Å². The van der Waals surface area contributed by atoms with E-state index in [1.54, 1.807) is 54.6 Å². The number of aryl methyl sites for hydroxylation is 1. The molecule has 8 heteroatoms. The van der Waals surface area contributed by atoms with Crippen molar-refractivity contribution in [3.8, 4) is 5.75 Å². The lowest BCUT2D eigenvalue weighted by atomic mass is 9.81. The van der Waals surface area contributed by atoms with Gasteiger partial charge in [-0.3, -0.25) is 14.4 Å². The largest absolute Gasteiger partial charge is 0.507 e. The number of likely N-dealkylation sites (tertiary alicyclic amines) is 1. The average molecular weight is 516 g/mol. The Bertz CT molecular complexity index is 1350. The van der Waals surface area contributed by atoms with Gasteiger partial charge in [0.25, 0.3) is 17.6 Å². The van der Waals surface area contributed by atoms with E-state index in [-0.39, 0.29) is 18.7 Å². The molecule has 0 radical (unpaired) electrons. The minimum Gasteiger partial charge on any atom is -0.507 e. The minimum atomic E-state index is -1.78. The van der Waals surface area contributed by atoms with Gasteiger partial charge in [0.2, 0.25) is 0 Å². The highest BCUT2D eigenvalue weighted by atomic mass is 16.5. The molecule has 2 aromatic rings. The third kappa shape index (κ3) is 4.20. The Labute approximate surface area is 223 Å². The number of aliphatic hydroxyl groups excluding tert-OH is 1. The van der Waals surface area contributed by atoms with Gasteiger partial charge in [0.05, 0.1) is 11.3 Å². The van der Waals surface area contributed by atoms with Gasteiger partial charge in [-0.25, -0.2) is 0 Å². The number of hydrogen-bond donors (Lipinski definition) is 1. The van der Waals surface area contributed by atoms with Gasteiger partial charge in [0.1, 0.15) is 18.1 Å². The second-order valence-corrected chi connectivity index (χ2v) is 9.68. The van der Waals surface area contributed by atoms with Crippen LogP contribution >= 0.6 is 0 Å². The first-order chi connectivity index (χ1) is 18.2. The predicted octanol–water partition coefficient (Wildman–Crippen LogP) is 3.62. The van der Waals surface area contributed by atoms with Crippen LogP contribution in [0.1, 0.15) is 23.1 Å². The molecule has 0 saturated carbocycles. The van der Waals surface area contributed by atoms with Gasteiger partial charge in [-0.15, -0.1) is 6.58 Å². The Kier molecular flexibility index (Phi) is 7.55. The van der Waals surface area contributed by atoms with Crippen LogP contribution in [0.25, 0.3) is 5.76 Å². The molecule has 1 N–H and O–H groups in total. The van der Waals surface area contributed by atoms with Gasteiger partial charge >= 0.3 is 0 Å². The first-order valence-electron chi connectivity index (χ1n) is 12.5. The number of amides is 2. The summed E-state index contributed by atoms with van der Waals surface area (Å²) in [6.45, 7) is 10.6. The van der Waals surface area contributed by atoms with E-state index >= 15 is 0 Å². The van der Waals surface area contributed by atoms with E-state index in [1.165, 1.54) is 9.80 Å². The highest BCUT2D eigenvalue weighted by Crippen LogP contribution is 2.53. The number of carbonyl (C=O) groups excluding carboxylic acids is 3. The van der Waals surface area contributed by atoms with Crippen molar-refractivity contribution in [3.63, 3.8) is 0 Å². The number of carbonyl (C=O) groups is 3. The topological polar surface area (TPSA) is 90.4 Å². The molecule has 0 aromatic heterocycles. The van der Waals surface area contributed by atoms with Crippen molar-refractivity contribution in [3.05, 3.63) is 90.0 Å². The summed E-state index contributed by atoms with van der Waals surface area (Å²) in [6.07, 6.45) is 3.76. The number of nitrogens with zero attached hydrogens (tertiary/aromatic N) is 3. The highest BCUT2D eigenvalue weighted by molar-refractivity contribution is 6.50. The third-order valence-corrected chi connectivity index (χ3v) is 6.91. The van der Waals surface area contributed by atoms with Gasteiger partial charge in [-0.2, -0.15) is 0 Å². The predicted molar refractivity (Wildman–Crippen MR) is 147 cm³/mol. The zero-order valence-electron chi connectivity index (χ0n) is 22.1. The molecule has 2 aliphatic heterocycles. The van der Waals surface area contributed by atoms with Gasteiger partial charge < -0.3 is 24.5 Å².